The van der Waals surface area contributed by atoms with Crippen molar-refractivity contribution in [1.82, 2.24) is 19.8 Å². The lowest BCUT2D eigenvalue weighted by molar-refractivity contribution is 0.0357. The minimum atomic E-state index is -0.445. The maximum absolute atomic E-state index is 15.2. The third-order valence-corrected chi connectivity index (χ3v) is 12.7. The Kier molecular flexibility index (Phi) is 17.4. The molecule has 372 valence electrons. The van der Waals surface area contributed by atoms with Crippen LogP contribution in [0.2, 0.25) is 0 Å². The van der Waals surface area contributed by atoms with Crippen LogP contribution in [0.1, 0.15) is 12.8 Å². The molecule has 10 rings (SSSR count). The quantitative estimate of drug-likeness (QED) is 0.0728. The zero-order chi connectivity index (χ0) is 48.4. The monoisotopic (exact) mass is 1050 g/mol. The summed E-state index contributed by atoms with van der Waals surface area (Å²) in [7, 11) is 3.19. The maximum Gasteiger partial charge on any atom is 0.173 e. The summed E-state index contributed by atoms with van der Waals surface area (Å²) in [6.45, 7) is 10.0. The van der Waals surface area contributed by atoms with E-state index in [1.807, 2.05) is 42.5 Å². The number of nitrogens with zero attached hydrogens (tertiary/aromatic N) is 4. The van der Waals surface area contributed by atoms with Crippen molar-refractivity contribution in [2.45, 2.75) is 12.8 Å². The van der Waals surface area contributed by atoms with Gasteiger partial charge < -0.3 is 43.6 Å². The first kappa shape index (κ1) is 51.1. The second-order valence-corrected chi connectivity index (χ2v) is 17.7. The van der Waals surface area contributed by atoms with Gasteiger partial charge >= 0.3 is 0 Å². The van der Waals surface area contributed by atoms with E-state index in [0.717, 1.165) is 88.4 Å². The Bertz CT molecular complexity index is 2900. The molecule has 13 nitrogen and oxygen atoms in total. The summed E-state index contributed by atoms with van der Waals surface area (Å²) in [6.07, 6.45) is 5.06. The zero-order valence-corrected chi connectivity index (χ0v) is 41.9. The predicted octanol–water partition coefficient (Wildman–Crippen LogP) is 11.6. The molecule has 17 heteroatoms. The molecule has 0 unspecified atom stereocenters. The van der Waals surface area contributed by atoms with Crippen LogP contribution in [0.5, 0.6) is 46.0 Å². The van der Waals surface area contributed by atoms with E-state index in [0.29, 0.717) is 91.4 Å². The number of pyridine rings is 2. The molecule has 2 N–H and O–H groups in total. The Morgan fingerprint density at radius 1 is 0.535 bits per heavy atom. The van der Waals surface area contributed by atoms with Gasteiger partial charge in [-0.15, -0.1) is 12.4 Å². The van der Waals surface area contributed by atoms with Crippen LogP contribution in [0.3, 0.4) is 0 Å². The Hall–Kier alpha value is -6.27. The lowest BCUT2D eigenvalue weighted by atomic mass is 10.1. The van der Waals surface area contributed by atoms with Gasteiger partial charge in [0.05, 0.1) is 64.9 Å². The summed E-state index contributed by atoms with van der Waals surface area (Å²) in [5, 5.41) is 3.85. The van der Waals surface area contributed by atoms with Crippen molar-refractivity contribution in [3.05, 3.63) is 126 Å². The number of fused-ring (bicyclic) bond motifs is 4. The van der Waals surface area contributed by atoms with E-state index in [9.17, 15) is 0 Å². The molecule has 2 aromatic heterocycles. The number of aromatic nitrogens is 2. The van der Waals surface area contributed by atoms with Gasteiger partial charge in [0.1, 0.15) is 11.5 Å². The van der Waals surface area contributed by atoms with E-state index in [2.05, 4.69) is 35.7 Å². The molecule has 0 bridgehead atoms. The van der Waals surface area contributed by atoms with Crippen molar-refractivity contribution in [1.29, 1.82) is 0 Å². The van der Waals surface area contributed by atoms with Gasteiger partial charge in [0.2, 0.25) is 0 Å². The first-order valence-electron chi connectivity index (χ1n) is 23.2. The molecule has 2 aliphatic rings. The SMILES string of the molecule is COc1cc2c(Oc3ccc4cc(Br)ccc4c3F)ccnc2cc1OCCCN1CCOCC1.COc1cc2c(Oc3ccc4cc(N)ccc4c3F)ccnc2cc1OCCCN1CCOCC1.Cl. The zero-order valence-electron chi connectivity index (χ0n) is 39.5. The van der Waals surface area contributed by atoms with Crippen LogP contribution in [-0.2, 0) is 9.47 Å². The number of anilines is 1. The van der Waals surface area contributed by atoms with Gasteiger partial charge in [-0.3, -0.25) is 19.8 Å². The largest absolute Gasteiger partial charge is 0.493 e. The second-order valence-electron chi connectivity index (χ2n) is 16.8. The van der Waals surface area contributed by atoms with E-state index < -0.39 is 11.6 Å². The van der Waals surface area contributed by atoms with Crippen molar-refractivity contribution < 1.29 is 46.7 Å². The number of nitrogen functional groups attached to an aromatic ring is 1. The van der Waals surface area contributed by atoms with Gasteiger partial charge in [-0.1, -0.05) is 34.1 Å². The van der Waals surface area contributed by atoms with E-state index in [4.69, 9.17) is 43.6 Å². The molecule has 4 heterocycles. The number of morpholine rings is 2. The second kappa shape index (κ2) is 24.2. The molecule has 8 aromatic rings. The van der Waals surface area contributed by atoms with Crippen LogP contribution in [0.15, 0.2) is 114 Å². The Morgan fingerprint density at radius 2 is 1.00 bits per heavy atom. The predicted molar refractivity (Wildman–Crippen MR) is 279 cm³/mol. The number of hydrogen-bond donors (Lipinski definition) is 1. The fourth-order valence-corrected chi connectivity index (χ4v) is 8.88. The van der Waals surface area contributed by atoms with E-state index in [-0.39, 0.29) is 23.9 Å². The number of hydrogen-bond acceptors (Lipinski definition) is 13. The molecule has 0 spiro atoms. The molecule has 0 atom stereocenters. The van der Waals surface area contributed by atoms with Gasteiger partial charge in [0.25, 0.3) is 0 Å². The van der Waals surface area contributed by atoms with Crippen molar-refractivity contribution in [2.75, 3.05) is 98.9 Å². The van der Waals surface area contributed by atoms with Gasteiger partial charge in [0.15, 0.2) is 46.1 Å². The molecular formula is C54H55BrClF2N5O8. The normalized spacial score (nSPS) is 14.2. The van der Waals surface area contributed by atoms with Crippen LogP contribution in [0.4, 0.5) is 14.5 Å². The van der Waals surface area contributed by atoms with Gasteiger partial charge in [-0.2, -0.15) is 0 Å². The summed E-state index contributed by atoms with van der Waals surface area (Å²) >= 11 is 3.42. The van der Waals surface area contributed by atoms with Crippen LogP contribution < -0.4 is 34.2 Å². The summed E-state index contributed by atoms with van der Waals surface area (Å²) in [4.78, 5) is 13.7. The molecule has 0 aliphatic carbocycles. The summed E-state index contributed by atoms with van der Waals surface area (Å²) < 4.78 is 77.3. The summed E-state index contributed by atoms with van der Waals surface area (Å²) in [5.74, 6) is 2.75. The van der Waals surface area contributed by atoms with Crippen molar-refractivity contribution in [3.63, 3.8) is 0 Å². The fourth-order valence-electron chi connectivity index (χ4n) is 8.50. The van der Waals surface area contributed by atoms with Gasteiger partial charge in [0, 0.05) is 95.5 Å². The Morgan fingerprint density at radius 3 is 1.48 bits per heavy atom. The Balaban J connectivity index is 0.000000188. The van der Waals surface area contributed by atoms with E-state index in [1.165, 1.54) is 0 Å². The highest BCUT2D eigenvalue weighted by Crippen LogP contribution is 2.41. The molecule has 2 aliphatic heterocycles. The third-order valence-electron chi connectivity index (χ3n) is 12.2. The molecule has 2 saturated heterocycles. The minimum absolute atomic E-state index is 0. The van der Waals surface area contributed by atoms with Crippen molar-refractivity contribution in [2.24, 2.45) is 0 Å². The third kappa shape index (κ3) is 12.4. The Labute approximate surface area is 425 Å². The van der Waals surface area contributed by atoms with Crippen LogP contribution in [0.25, 0.3) is 43.4 Å². The van der Waals surface area contributed by atoms with Crippen LogP contribution >= 0.6 is 28.3 Å². The summed E-state index contributed by atoms with van der Waals surface area (Å²) in [6, 6.07) is 28.1. The number of halogens is 4. The van der Waals surface area contributed by atoms with Crippen LogP contribution in [0, 0.1) is 11.6 Å². The number of rotatable bonds is 16. The average molecular weight is 1060 g/mol. The first-order valence-corrected chi connectivity index (χ1v) is 24.0. The van der Waals surface area contributed by atoms with Crippen molar-refractivity contribution in [3.8, 4) is 46.0 Å². The highest BCUT2D eigenvalue weighted by Gasteiger charge is 2.18. The minimum Gasteiger partial charge on any atom is -0.493 e. The molecule has 0 radical (unpaired) electrons. The standard InChI is InChI=1S/C27H26BrFN2O4.C27H28FN3O4.ClH/c1-32-25-16-21-22(17-26(25)34-12-2-9-31-10-13-33-14-11-31)30-8-7-23(21)35-24-6-3-18-15-19(28)4-5-20(18)27(24)29;1-32-25-16-21-22(17-26(25)34-12-2-9-31-10-13-33-14-11-31)30-8-7-23(21)35-24-6-3-18-15-19(29)4-5-20(18)27(24)28;/h3-8,15-17H,2,9-14H2,1H3;3-8,15-17H,2,9-14,29H2,1H3;1H. The molecule has 71 heavy (non-hydrogen) atoms. The topological polar surface area (TPSA) is 132 Å². The smallest absolute Gasteiger partial charge is 0.173 e. The molecule has 0 amide bonds. The van der Waals surface area contributed by atoms with Crippen molar-refractivity contribution >= 4 is 77.4 Å². The molecule has 6 aromatic carbocycles. The molecular weight excluding hydrogens is 1000 g/mol. The van der Waals surface area contributed by atoms with E-state index in [1.54, 1.807) is 81.2 Å². The highest BCUT2D eigenvalue weighted by atomic mass is 79.9. The average Bonchev–Trinajstić information content (AvgIpc) is 3.38. The lowest BCUT2D eigenvalue weighted by Gasteiger charge is -2.26. The molecule has 2 fully saturated rings. The fraction of sp³-hybridized carbons (Fsp3) is 0.296. The number of methoxy groups -OCH3 is 2. The lowest BCUT2D eigenvalue weighted by Crippen LogP contribution is -2.37. The molecule has 0 saturated carbocycles. The van der Waals surface area contributed by atoms with Gasteiger partial charge in [-0.25, -0.2) is 8.78 Å². The summed E-state index contributed by atoms with van der Waals surface area (Å²) in [5.41, 5.74) is 7.75. The van der Waals surface area contributed by atoms with Gasteiger partial charge in [-0.05, 0) is 90.3 Å². The number of nitrogens with two attached hydrogens (primary N) is 1. The van der Waals surface area contributed by atoms with Crippen LogP contribution in [-0.4, -0.2) is 113 Å². The first-order chi connectivity index (χ1) is 34.2. The number of ether oxygens (including phenoxy) is 8. The highest BCUT2D eigenvalue weighted by molar-refractivity contribution is 9.10. The van der Waals surface area contributed by atoms with E-state index >= 15 is 8.78 Å². The number of benzene rings is 6. The maximum atomic E-state index is 15.2.